The summed E-state index contributed by atoms with van der Waals surface area (Å²) in [5.41, 5.74) is 8.46. The molecular formula is C26H32Cl2HfSi-2. The second-order valence-electron chi connectivity index (χ2n) is 8.23. The summed E-state index contributed by atoms with van der Waals surface area (Å²) in [5.74, 6) is 0. The van der Waals surface area contributed by atoms with Gasteiger partial charge in [0.05, 0.1) is 0 Å². The molecule has 30 heavy (non-hydrogen) atoms. The minimum atomic E-state index is 0. The second-order valence-corrected chi connectivity index (χ2v) is 21.0. The zero-order valence-corrected chi connectivity index (χ0v) is 25.5. The first-order valence-electron chi connectivity index (χ1n) is 9.87. The molecule has 0 saturated carbocycles. The number of rotatable bonds is 0. The van der Waals surface area contributed by atoms with Crippen molar-refractivity contribution in [1.29, 1.82) is 0 Å². The Morgan fingerprint density at radius 2 is 0.900 bits per heavy atom. The van der Waals surface area contributed by atoms with E-state index in [0.29, 0.717) is 0 Å². The Morgan fingerprint density at radius 1 is 0.600 bits per heavy atom. The molecule has 4 heteroatoms. The van der Waals surface area contributed by atoms with Crippen LogP contribution in [0.2, 0.25) is 13.1 Å². The smallest absolute Gasteiger partial charge is 0.0486 e. The molecule has 0 fully saturated rings. The maximum Gasteiger partial charge on any atom is -0.0486 e. The third kappa shape index (κ3) is 8.46. The Morgan fingerprint density at radius 3 is 1.20 bits per heavy atom. The van der Waals surface area contributed by atoms with Crippen molar-refractivity contribution in [1.82, 2.24) is 0 Å². The van der Waals surface area contributed by atoms with E-state index in [-0.39, 0.29) is 30.3 Å². The van der Waals surface area contributed by atoms with Gasteiger partial charge >= 0.3 is 41.6 Å². The third-order valence-corrected chi connectivity index (χ3v) is 4.64. The summed E-state index contributed by atoms with van der Waals surface area (Å²) in [6.07, 6.45) is 0. The van der Waals surface area contributed by atoms with Crippen LogP contribution in [0, 0.1) is 41.5 Å². The summed E-state index contributed by atoms with van der Waals surface area (Å²) < 4.78 is 0. The maximum atomic E-state index is 2.33. The van der Waals surface area contributed by atoms with E-state index in [2.05, 4.69) is 103 Å². The molecule has 0 N–H and O–H groups in total. The molecule has 0 saturated heterocycles. The van der Waals surface area contributed by atoms with Crippen LogP contribution >= 0.6 is 0 Å². The van der Waals surface area contributed by atoms with Gasteiger partial charge in [0.1, 0.15) is 0 Å². The normalized spacial score (nSPS) is 9.67. The van der Waals surface area contributed by atoms with E-state index in [1.165, 1.54) is 77.9 Å². The molecule has 4 rings (SSSR count). The Labute approximate surface area is 210 Å². The number of halogens is 2. The minimum absolute atomic E-state index is 0. The van der Waals surface area contributed by atoms with Crippen molar-refractivity contribution in [2.45, 2.75) is 54.6 Å². The van der Waals surface area contributed by atoms with Crippen LogP contribution in [0.3, 0.4) is 0 Å². The van der Waals surface area contributed by atoms with Crippen LogP contribution in [0.5, 0.6) is 0 Å². The van der Waals surface area contributed by atoms with Crippen molar-refractivity contribution in [2.75, 3.05) is 0 Å². The first-order valence-corrected chi connectivity index (χ1v) is 17.8. The van der Waals surface area contributed by atoms with E-state index in [9.17, 15) is 0 Å². The molecule has 0 aliphatic rings. The van der Waals surface area contributed by atoms with E-state index >= 15 is 0 Å². The van der Waals surface area contributed by atoms with Gasteiger partial charge in [0.25, 0.3) is 0 Å². The van der Waals surface area contributed by atoms with Crippen molar-refractivity contribution in [3.63, 3.8) is 0 Å². The predicted molar refractivity (Wildman–Crippen MR) is 125 cm³/mol. The third-order valence-electron chi connectivity index (χ3n) is 4.64. The van der Waals surface area contributed by atoms with Crippen LogP contribution in [0.4, 0.5) is 0 Å². The number of benzene rings is 2. The average Bonchev–Trinajstić information content (AvgIpc) is 3.09. The summed E-state index contributed by atoms with van der Waals surface area (Å²) in [6, 6.07) is 18.0. The van der Waals surface area contributed by atoms with Crippen LogP contribution in [0.25, 0.3) is 21.5 Å². The molecule has 160 valence electrons. The fourth-order valence-electron chi connectivity index (χ4n) is 3.69. The van der Waals surface area contributed by atoms with E-state index < -0.39 is 0 Å². The molecule has 0 spiro atoms. The molecular weight excluding hydrogens is 590 g/mol. The Kier molecular flexibility index (Phi) is 12.7. The molecule has 0 radical (unpaired) electrons. The molecule has 4 aromatic rings. The molecule has 0 amide bonds. The summed E-state index contributed by atoms with van der Waals surface area (Å²) >= 11 is 1.45. The van der Waals surface area contributed by atoms with Crippen molar-refractivity contribution in [2.24, 2.45) is 0 Å². The van der Waals surface area contributed by atoms with Gasteiger partial charge in [-0.3, -0.25) is 0 Å². The number of fused-ring (bicyclic) bond motifs is 2. The summed E-state index contributed by atoms with van der Waals surface area (Å²) in [6.45, 7) is 17.6. The van der Waals surface area contributed by atoms with Crippen LogP contribution < -0.4 is 24.8 Å². The minimum Gasteiger partial charge on any atom is -1.00 e. The fraction of sp³-hybridized carbons (Fsp3) is 0.308. The average molecular weight is 622 g/mol. The molecule has 0 bridgehead atoms. The van der Waals surface area contributed by atoms with Gasteiger partial charge in [-0.1, -0.05) is 48.2 Å². The van der Waals surface area contributed by atoms with Crippen LogP contribution in [-0.4, -0.2) is 5.49 Å². The predicted octanol–water partition coefficient (Wildman–Crippen LogP) is 1.76. The maximum absolute atomic E-state index is 2.33. The Bertz CT molecular complexity index is 1030. The zero-order valence-electron chi connectivity index (χ0n) is 19.4. The van der Waals surface area contributed by atoms with E-state index in [1.54, 1.807) is 0 Å². The fourth-order valence-corrected chi connectivity index (χ4v) is 3.69. The first kappa shape index (κ1) is 29.3. The van der Waals surface area contributed by atoms with Crippen LogP contribution in [-0.2, 0) is 23.0 Å². The molecule has 0 aliphatic carbocycles. The topological polar surface area (TPSA) is 0 Å². The largest absolute Gasteiger partial charge is 1.00 e. The van der Waals surface area contributed by atoms with Gasteiger partial charge in [0, 0.05) is 0 Å². The molecule has 4 aromatic carbocycles. The van der Waals surface area contributed by atoms with Gasteiger partial charge in [-0.2, -0.15) is 12.1 Å². The van der Waals surface area contributed by atoms with Crippen molar-refractivity contribution in [3.8, 4) is 0 Å². The van der Waals surface area contributed by atoms with Gasteiger partial charge < -0.3 is 24.8 Å². The van der Waals surface area contributed by atoms with E-state index in [0.717, 1.165) is 0 Å². The molecule has 0 unspecified atom stereocenters. The van der Waals surface area contributed by atoms with Crippen LogP contribution in [0.1, 0.15) is 33.4 Å². The van der Waals surface area contributed by atoms with Gasteiger partial charge in [0.2, 0.25) is 0 Å². The number of aryl methyl sites for hydroxylation is 6. The Balaban J connectivity index is 0.000000452. The summed E-state index contributed by atoms with van der Waals surface area (Å²) in [7, 11) is 0. The summed E-state index contributed by atoms with van der Waals surface area (Å²) in [5, 5.41) is 5.56. The molecule has 0 heterocycles. The summed E-state index contributed by atoms with van der Waals surface area (Å²) in [4.78, 5) is 0. The number of hydrogen-bond donors (Lipinski definition) is 0. The number of hydrogen-bond acceptors (Lipinski definition) is 0. The van der Waals surface area contributed by atoms with Gasteiger partial charge in [-0.05, 0) is 27.7 Å². The molecule has 0 aromatic heterocycles. The standard InChI is InChI=1S/2C12H13.C2H6Si.2ClH.Hf/c2*1-8-4-10(3)12-7-9(2)6-11(12)5-8;1-3-2;;;/h2*4-7H,1-3H3;1-2H3;2*1H;/q2*-1;;;;+2/p-2. The SMILES string of the molecule is C[Si](C)=[Hf+2].Cc1cc(C)c2cc(C)[cH-]c2c1.Cc1cc(C)c2cc(C)[cH-]c2c1.[Cl-].[Cl-]. The van der Waals surface area contributed by atoms with E-state index in [4.69, 9.17) is 0 Å². The second kappa shape index (κ2) is 13.0. The first-order chi connectivity index (χ1) is 13.1. The molecule has 0 nitrogen and oxygen atoms in total. The van der Waals surface area contributed by atoms with Gasteiger partial charge in [0.15, 0.2) is 0 Å². The van der Waals surface area contributed by atoms with E-state index in [1.807, 2.05) is 0 Å². The zero-order chi connectivity index (χ0) is 21.0. The van der Waals surface area contributed by atoms with Crippen LogP contribution in [0.15, 0.2) is 48.5 Å². The van der Waals surface area contributed by atoms with Gasteiger partial charge in [-0.25, -0.2) is 0 Å². The van der Waals surface area contributed by atoms with Gasteiger partial charge in [-0.15, -0.1) is 56.9 Å². The van der Waals surface area contributed by atoms with Crippen molar-refractivity contribution in [3.05, 3.63) is 81.9 Å². The Hall–Kier alpha value is -0.673. The van der Waals surface area contributed by atoms with Crippen molar-refractivity contribution >= 4 is 27.0 Å². The monoisotopic (exact) mass is 622 g/mol. The quantitative estimate of drug-likeness (QED) is 0.208. The molecule has 0 atom stereocenters. The molecule has 0 aliphatic heterocycles. The van der Waals surface area contributed by atoms with Crippen molar-refractivity contribution < 1.29 is 47.8 Å².